The number of fused-ring (bicyclic) bond motifs is 2. The van der Waals surface area contributed by atoms with Crippen LogP contribution in [-0.2, 0) is 4.79 Å². The maximum atomic E-state index is 12.9. The number of aromatic nitrogens is 2. The third-order valence-corrected chi connectivity index (χ3v) is 8.47. The highest BCUT2D eigenvalue weighted by Gasteiger charge is 2.55. The highest BCUT2D eigenvalue weighted by Crippen LogP contribution is 2.45. The zero-order valence-corrected chi connectivity index (χ0v) is 21.7. The van der Waals surface area contributed by atoms with Gasteiger partial charge in [0, 0.05) is 50.7 Å². The molecule has 0 bridgehead atoms. The fourth-order valence-corrected chi connectivity index (χ4v) is 6.31. The van der Waals surface area contributed by atoms with E-state index >= 15 is 0 Å². The Morgan fingerprint density at radius 2 is 1.89 bits per heavy atom. The van der Waals surface area contributed by atoms with Gasteiger partial charge in [-0.15, -0.1) is 0 Å². The lowest BCUT2D eigenvalue weighted by Gasteiger charge is -2.30. The monoisotopic (exact) mass is 505 g/mol. The third-order valence-electron chi connectivity index (χ3n) is 8.47. The summed E-state index contributed by atoms with van der Waals surface area (Å²) in [5, 5.41) is 6.46. The van der Waals surface area contributed by atoms with E-state index in [-0.39, 0.29) is 17.9 Å². The molecule has 37 heavy (non-hydrogen) atoms. The molecule has 0 spiro atoms. The van der Waals surface area contributed by atoms with Gasteiger partial charge in [0.15, 0.2) is 5.82 Å². The van der Waals surface area contributed by atoms with Gasteiger partial charge in [-0.05, 0) is 49.9 Å². The number of nitrogens with one attached hydrogen (secondary N) is 2. The Morgan fingerprint density at radius 1 is 1.14 bits per heavy atom. The summed E-state index contributed by atoms with van der Waals surface area (Å²) in [6.45, 7) is 2.75. The topological polar surface area (TPSA) is 103 Å². The minimum Gasteiger partial charge on any atom is -0.495 e. The van der Waals surface area contributed by atoms with Crippen molar-refractivity contribution in [2.75, 3.05) is 56.0 Å². The second kappa shape index (κ2) is 9.48. The first kappa shape index (κ1) is 24.0. The van der Waals surface area contributed by atoms with Gasteiger partial charge in [-0.25, -0.2) is 4.98 Å². The zero-order valence-electron chi connectivity index (χ0n) is 21.7. The van der Waals surface area contributed by atoms with Crippen molar-refractivity contribution in [3.63, 3.8) is 0 Å². The van der Waals surface area contributed by atoms with Gasteiger partial charge in [-0.1, -0.05) is 12.8 Å². The molecule has 10 nitrogen and oxygen atoms in total. The van der Waals surface area contributed by atoms with E-state index in [0.29, 0.717) is 53.8 Å². The summed E-state index contributed by atoms with van der Waals surface area (Å²) in [6, 6.07) is 6.04. The Morgan fingerprint density at radius 3 is 2.62 bits per heavy atom. The Kier molecular flexibility index (Phi) is 6.14. The van der Waals surface area contributed by atoms with Crippen molar-refractivity contribution in [1.29, 1.82) is 0 Å². The number of amides is 2. The highest BCUT2D eigenvalue weighted by molar-refractivity contribution is 5.97. The number of carbonyl (C=O) groups excluding carboxylic acids is 2. The number of ether oxygens (including phenoxy) is 1. The Balaban J connectivity index is 1.21. The van der Waals surface area contributed by atoms with Gasteiger partial charge in [0.2, 0.25) is 11.9 Å². The molecule has 6 rings (SSSR count). The number of likely N-dealkylation sites (tertiary alicyclic amines) is 1. The van der Waals surface area contributed by atoms with E-state index in [9.17, 15) is 9.59 Å². The standard InChI is InChI=1S/C27H35N7O3/c1-32-14-18-19(15-32)24(18)30-26(36)16-8-9-20(22(12-16)37-3)29-27-28-13-21-25(31-27)34(17-6-4-5-7-17)11-10-23(35)33(21)2/h8-9,12-13,17-19,24H,4-7,10-11,14-15H2,1-3H3,(H,30,36)(H,28,29,31)/t18-,19+,24?. The second-order valence-corrected chi connectivity index (χ2v) is 10.8. The van der Waals surface area contributed by atoms with E-state index < -0.39 is 0 Å². The van der Waals surface area contributed by atoms with Crippen molar-refractivity contribution < 1.29 is 14.3 Å². The quantitative estimate of drug-likeness (QED) is 0.618. The SMILES string of the molecule is COc1cc(C(=O)NC2[C@H]3CN(C)C[C@@H]23)ccc1Nc1ncc2c(n1)N(C1CCCC1)CCC(=O)N2C. The number of anilines is 4. The average Bonchev–Trinajstić information content (AvgIpc) is 3.25. The van der Waals surface area contributed by atoms with Crippen LogP contribution in [0.15, 0.2) is 24.4 Å². The number of benzene rings is 1. The van der Waals surface area contributed by atoms with E-state index in [4.69, 9.17) is 9.72 Å². The summed E-state index contributed by atoms with van der Waals surface area (Å²) in [4.78, 5) is 41.1. The Bertz CT molecular complexity index is 1200. The summed E-state index contributed by atoms with van der Waals surface area (Å²) in [5.41, 5.74) is 1.97. The summed E-state index contributed by atoms with van der Waals surface area (Å²) in [6.07, 6.45) is 6.80. The van der Waals surface area contributed by atoms with Crippen molar-refractivity contribution in [3.05, 3.63) is 30.0 Å². The molecule has 3 heterocycles. The lowest BCUT2D eigenvalue weighted by molar-refractivity contribution is -0.118. The normalized spacial score (nSPS) is 25.5. The van der Waals surface area contributed by atoms with Crippen LogP contribution >= 0.6 is 0 Å². The molecule has 2 aliphatic heterocycles. The number of nitrogens with zero attached hydrogens (tertiary/aromatic N) is 5. The molecule has 1 aromatic heterocycles. The smallest absolute Gasteiger partial charge is 0.251 e. The largest absolute Gasteiger partial charge is 0.495 e. The minimum absolute atomic E-state index is 0.0726. The molecule has 10 heteroatoms. The Hall–Kier alpha value is -3.40. The molecule has 4 aliphatic rings. The fourth-order valence-electron chi connectivity index (χ4n) is 6.31. The van der Waals surface area contributed by atoms with Crippen molar-refractivity contribution >= 4 is 35.0 Å². The van der Waals surface area contributed by atoms with Gasteiger partial charge in [-0.2, -0.15) is 4.98 Å². The summed E-state index contributed by atoms with van der Waals surface area (Å²) >= 11 is 0. The van der Waals surface area contributed by atoms with Gasteiger partial charge in [0.25, 0.3) is 5.91 Å². The molecule has 2 aromatic rings. The number of hydrogen-bond donors (Lipinski definition) is 2. The van der Waals surface area contributed by atoms with E-state index in [2.05, 4.69) is 32.5 Å². The van der Waals surface area contributed by atoms with Crippen LogP contribution in [0.2, 0.25) is 0 Å². The van der Waals surface area contributed by atoms with Gasteiger partial charge in [0.1, 0.15) is 11.4 Å². The summed E-state index contributed by atoms with van der Waals surface area (Å²) in [7, 11) is 5.50. The van der Waals surface area contributed by atoms with Crippen LogP contribution < -0.4 is 25.2 Å². The van der Waals surface area contributed by atoms with Crippen molar-refractivity contribution in [2.45, 2.75) is 44.2 Å². The fraction of sp³-hybridized carbons (Fsp3) is 0.556. The van der Waals surface area contributed by atoms with Crippen LogP contribution in [-0.4, -0.2) is 79.6 Å². The van der Waals surface area contributed by atoms with Crippen LogP contribution in [0.4, 0.5) is 23.1 Å². The molecule has 2 saturated carbocycles. The van der Waals surface area contributed by atoms with Gasteiger partial charge >= 0.3 is 0 Å². The van der Waals surface area contributed by atoms with Crippen molar-refractivity contribution in [1.82, 2.24) is 20.2 Å². The second-order valence-electron chi connectivity index (χ2n) is 10.8. The molecule has 3 atom stereocenters. The maximum absolute atomic E-state index is 12.9. The summed E-state index contributed by atoms with van der Waals surface area (Å²) < 4.78 is 5.62. The van der Waals surface area contributed by atoms with E-state index in [1.54, 1.807) is 37.4 Å². The molecular formula is C27H35N7O3. The van der Waals surface area contributed by atoms with Crippen molar-refractivity contribution in [3.8, 4) is 5.75 Å². The lowest BCUT2D eigenvalue weighted by Crippen LogP contribution is -2.34. The number of methoxy groups -OCH3 is 1. The van der Waals surface area contributed by atoms with Gasteiger partial charge in [0.05, 0.1) is 19.0 Å². The van der Waals surface area contributed by atoms with Gasteiger partial charge in [-0.3, -0.25) is 9.59 Å². The molecule has 2 amide bonds. The molecule has 196 valence electrons. The summed E-state index contributed by atoms with van der Waals surface area (Å²) in [5.74, 6) is 2.89. The molecule has 2 aliphatic carbocycles. The number of piperidine rings is 1. The zero-order chi connectivity index (χ0) is 25.7. The minimum atomic E-state index is -0.0758. The van der Waals surface area contributed by atoms with Crippen molar-refractivity contribution in [2.24, 2.45) is 11.8 Å². The molecular weight excluding hydrogens is 470 g/mol. The van der Waals surface area contributed by atoms with Crippen LogP contribution in [0.1, 0.15) is 42.5 Å². The molecule has 0 radical (unpaired) electrons. The Labute approximate surface area is 217 Å². The number of carbonyl (C=O) groups is 2. The molecule has 2 N–H and O–H groups in total. The van der Waals surface area contributed by atoms with Crippen LogP contribution in [0.5, 0.6) is 5.75 Å². The lowest BCUT2D eigenvalue weighted by atomic mass is 10.1. The van der Waals surface area contributed by atoms with E-state index in [1.807, 2.05) is 6.07 Å². The third kappa shape index (κ3) is 4.47. The van der Waals surface area contributed by atoms with Crippen LogP contribution in [0.25, 0.3) is 0 Å². The van der Waals surface area contributed by atoms with Crippen LogP contribution in [0.3, 0.4) is 0 Å². The highest BCUT2D eigenvalue weighted by atomic mass is 16.5. The first-order chi connectivity index (χ1) is 17.9. The molecule has 1 unspecified atom stereocenters. The predicted molar refractivity (Wildman–Crippen MR) is 142 cm³/mol. The van der Waals surface area contributed by atoms with E-state index in [0.717, 1.165) is 37.4 Å². The first-order valence-electron chi connectivity index (χ1n) is 13.3. The first-order valence-corrected chi connectivity index (χ1v) is 13.3. The number of hydrogen-bond acceptors (Lipinski definition) is 8. The van der Waals surface area contributed by atoms with E-state index in [1.165, 1.54) is 12.8 Å². The number of rotatable bonds is 6. The molecule has 1 aromatic carbocycles. The molecule has 1 saturated heterocycles. The molecule has 3 fully saturated rings. The van der Waals surface area contributed by atoms with Gasteiger partial charge < -0.3 is 30.1 Å². The maximum Gasteiger partial charge on any atom is 0.251 e. The average molecular weight is 506 g/mol. The predicted octanol–water partition coefficient (Wildman–Crippen LogP) is 2.63. The van der Waals surface area contributed by atoms with Crippen LogP contribution in [0, 0.1) is 11.8 Å².